The van der Waals surface area contributed by atoms with Crippen molar-refractivity contribution >= 4 is 38.6 Å². The van der Waals surface area contributed by atoms with Crippen LogP contribution in [0.5, 0.6) is 0 Å². The van der Waals surface area contributed by atoms with Crippen LogP contribution in [-0.2, 0) is 0 Å². The van der Waals surface area contributed by atoms with Crippen LogP contribution in [-0.4, -0.2) is 0 Å². The van der Waals surface area contributed by atoms with Gasteiger partial charge < -0.3 is 4.90 Å². The second-order valence-corrected chi connectivity index (χ2v) is 9.76. The lowest BCUT2D eigenvalue weighted by Gasteiger charge is -2.30. The normalized spacial score (nSPS) is 11.1. The second kappa shape index (κ2) is 9.96. The van der Waals surface area contributed by atoms with Crippen molar-refractivity contribution in [2.45, 2.75) is 0 Å². The number of nitrogens with zero attached hydrogens (tertiary/aromatic N) is 1. The molecule has 7 rings (SSSR count). The first-order chi connectivity index (χ1) is 19.4. The molecule has 7 aromatic rings. The van der Waals surface area contributed by atoms with Crippen molar-refractivity contribution in [1.82, 2.24) is 0 Å². The van der Waals surface area contributed by atoms with Gasteiger partial charge in [0.2, 0.25) is 0 Å². The molecule has 0 aromatic heterocycles. The van der Waals surface area contributed by atoms with Crippen LogP contribution in [0, 0.1) is 0 Å². The Labute approximate surface area is 229 Å². The lowest BCUT2D eigenvalue weighted by atomic mass is 9.95. The summed E-state index contributed by atoms with van der Waals surface area (Å²) in [6, 6.07) is 58.7. The Balaban J connectivity index is 1.60. The first-order valence-electron chi connectivity index (χ1n) is 13.4. The predicted molar refractivity (Wildman–Crippen MR) is 167 cm³/mol. The molecule has 0 atom stereocenters. The third-order valence-corrected chi connectivity index (χ3v) is 7.45. The summed E-state index contributed by atoms with van der Waals surface area (Å²) in [6.45, 7) is 0. The number of anilines is 3. The Morgan fingerprint density at radius 2 is 0.795 bits per heavy atom. The lowest BCUT2D eigenvalue weighted by molar-refractivity contribution is 1.31. The van der Waals surface area contributed by atoms with E-state index < -0.39 is 0 Å². The zero-order chi connectivity index (χ0) is 26.0. The summed E-state index contributed by atoms with van der Waals surface area (Å²) in [6.07, 6.45) is 0. The molecule has 0 N–H and O–H groups in total. The number of hydrogen-bond donors (Lipinski definition) is 0. The van der Waals surface area contributed by atoms with Crippen LogP contribution in [0.2, 0.25) is 0 Å². The fourth-order valence-corrected chi connectivity index (χ4v) is 5.69. The summed E-state index contributed by atoms with van der Waals surface area (Å²) < 4.78 is 0. The van der Waals surface area contributed by atoms with Gasteiger partial charge in [-0.05, 0) is 45.7 Å². The zero-order valence-corrected chi connectivity index (χ0v) is 21.5. The molecule has 0 saturated heterocycles. The van der Waals surface area contributed by atoms with Gasteiger partial charge in [0, 0.05) is 16.3 Å². The summed E-state index contributed by atoms with van der Waals surface area (Å²) in [7, 11) is 0. The topological polar surface area (TPSA) is 3.24 Å². The van der Waals surface area contributed by atoms with Crippen molar-refractivity contribution in [2.75, 3.05) is 4.90 Å². The van der Waals surface area contributed by atoms with Gasteiger partial charge >= 0.3 is 0 Å². The van der Waals surface area contributed by atoms with E-state index in [1.54, 1.807) is 0 Å². The van der Waals surface area contributed by atoms with Crippen molar-refractivity contribution in [1.29, 1.82) is 0 Å². The fourth-order valence-electron chi connectivity index (χ4n) is 5.69. The molecule has 1 nitrogen and oxygen atoms in total. The minimum Gasteiger partial charge on any atom is -0.309 e. The van der Waals surface area contributed by atoms with Crippen molar-refractivity contribution in [3.8, 4) is 22.3 Å². The van der Waals surface area contributed by atoms with Crippen molar-refractivity contribution in [2.24, 2.45) is 0 Å². The minimum atomic E-state index is 1.15. The van der Waals surface area contributed by atoms with Crippen LogP contribution in [0.15, 0.2) is 164 Å². The van der Waals surface area contributed by atoms with Crippen LogP contribution in [0.25, 0.3) is 43.8 Å². The summed E-state index contributed by atoms with van der Waals surface area (Å²) in [5, 5.41) is 4.90. The molecule has 7 aromatic carbocycles. The molecule has 0 aliphatic rings. The van der Waals surface area contributed by atoms with E-state index in [1.165, 1.54) is 43.8 Å². The van der Waals surface area contributed by atoms with Crippen LogP contribution in [0.3, 0.4) is 0 Å². The number of para-hydroxylation sites is 1. The van der Waals surface area contributed by atoms with E-state index >= 15 is 0 Å². The average Bonchev–Trinajstić information content (AvgIpc) is 3.02. The summed E-state index contributed by atoms with van der Waals surface area (Å²) >= 11 is 0. The smallest absolute Gasteiger partial charge is 0.0546 e. The average molecular weight is 498 g/mol. The molecule has 184 valence electrons. The molecule has 0 spiro atoms. The first kappa shape index (κ1) is 23.0. The number of hydrogen-bond acceptors (Lipinski definition) is 1. The molecule has 0 fully saturated rings. The van der Waals surface area contributed by atoms with E-state index in [1.807, 2.05) is 0 Å². The predicted octanol–water partition coefficient (Wildman–Crippen LogP) is 10.8. The molecular formula is C38H27N. The third kappa shape index (κ3) is 4.15. The monoisotopic (exact) mass is 497 g/mol. The third-order valence-electron chi connectivity index (χ3n) is 7.45. The highest BCUT2D eigenvalue weighted by Gasteiger charge is 2.22. The molecule has 0 heterocycles. The van der Waals surface area contributed by atoms with E-state index in [9.17, 15) is 0 Å². The fraction of sp³-hybridized carbons (Fsp3) is 0. The molecule has 1 heteroatoms. The molecule has 0 amide bonds. The SMILES string of the molecule is c1ccc(-c2ccccc2N(c2cccc3ccccc23)c2cccc3cccc(-c4ccccc4)c23)cc1. The number of fused-ring (bicyclic) bond motifs is 2. The Hall–Kier alpha value is -5.14. The maximum absolute atomic E-state index is 2.46. The standard InChI is InChI=1S/C38H27N/c1-3-14-28(15-4-1)32-23-9-10-25-35(32)39(36-26-12-19-29-18-7-8-22-33(29)36)37-27-13-21-31-20-11-24-34(38(31)37)30-16-5-2-6-17-30/h1-27H. The van der Waals surface area contributed by atoms with E-state index in [4.69, 9.17) is 0 Å². The minimum absolute atomic E-state index is 1.15. The molecule has 0 aliphatic carbocycles. The van der Waals surface area contributed by atoms with Gasteiger partial charge in [-0.15, -0.1) is 0 Å². The van der Waals surface area contributed by atoms with Gasteiger partial charge in [-0.2, -0.15) is 0 Å². The Morgan fingerprint density at radius 3 is 1.56 bits per heavy atom. The van der Waals surface area contributed by atoms with E-state index in [2.05, 4.69) is 169 Å². The summed E-state index contributed by atoms with van der Waals surface area (Å²) in [5.74, 6) is 0. The van der Waals surface area contributed by atoms with Crippen LogP contribution in [0.1, 0.15) is 0 Å². The van der Waals surface area contributed by atoms with Gasteiger partial charge in [0.1, 0.15) is 0 Å². The van der Waals surface area contributed by atoms with Crippen molar-refractivity contribution in [3.63, 3.8) is 0 Å². The zero-order valence-electron chi connectivity index (χ0n) is 21.5. The summed E-state index contributed by atoms with van der Waals surface area (Å²) in [5.41, 5.74) is 8.30. The lowest BCUT2D eigenvalue weighted by Crippen LogP contribution is -2.12. The number of rotatable bonds is 5. The molecule has 0 bridgehead atoms. The van der Waals surface area contributed by atoms with E-state index in [0.29, 0.717) is 0 Å². The molecule has 39 heavy (non-hydrogen) atoms. The Bertz CT molecular complexity index is 1890. The van der Waals surface area contributed by atoms with E-state index in [0.717, 1.165) is 17.1 Å². The molecule has 0 saturated carbocycles. The van der Waals surface area contributed by atoms with Crippen LogP contribution < -0.4 is 4.90 Å². The van der Waals surface area contributed by atoms with Gasteiger partial charge in [-0.1, -0.05) is 146 Å². The molecule has 0 aliphatic heterocycles. The second-order valence-electron chi connectivity index (χ2n) is 9.76. The van der Waals surface area contributed by atoms with Crippen molar-refractivity contribution < 1.29 is 0 Å². The number of benzene rings is 7. The van der Waals surface area contributed by atoms with Crippen molar-refractivity contribution in [3.05, 3.63) is 164 Å². The van der Waals surface area contributed by atoms with Crippen LogP contribution >= 0.6 is 0 Å². The van der Waals surface area contributed by atoms with E-state index in [-0.39, 0.29) is 0 Å². The maximum Gasteiger partial charge on any atom is 0.0546 e. The Kier molecular flexibility index (Phi) is 5.88. The molecule has 0 radical (unpaired) electrons. The highest BCUT2D eigenvalue weighted by atomic mass is 15.1. The maximum atomic E-state index is 2.46. The quantitative estimate of drug-likeness (QED) is 0.229. The van der Waals surface area contributed by atoms with Gasteiger partial charge in [-0.25, -0.2) is 0 Å². The molecular weight excluding hydrogens is 470 g/mol. The Morgan fingerprint density at radius 1 is 0.308 bits per heavy atom. The first-order valence-corrected chi connectivity index (χ1v) is 13.4. The van der Waals surface area contributed by atoms with Gasteiger partial charge in [0.15, 0.2) is 0 Å². The van der Waals surface area contributed by atoms with Gasteiger partial charge in [0.25, 0.3) is 0 Å². The van der Waals surface area contributed by atoms with Gasteiger partial charge in [0.05, 0.1) is 17.1 Å². The highest BCUT2D eigenvalue weighted by Crippen LogP contribution is 2.47. The van der Waals surface area contributed by atoms with Crippen LogP contribution in [0.4, 0.5) is 17.1 Å². The highest BCUT2D eigenvalue weighted by molar-refractivity contribution is 6.11. The largest absolute Gasteiger partial charge is 0.309 e. The molecule has 0 unspecified atom stereocenters. The van der Waals surface area contributed by atoms with Gasteiger partial charge in [-0.3, -0.25) is 0 Å². The summed E-state index contributed by atoms with van der Waals surface area (Å²) in [4.78, 5) is 2.46.